The van der Waals surface area contributed by atoms with Crippen molar-refractivity contribution in [2.24, 2.45) is 0 Å². The first-order chi connectivity index (χ1) is 25.1. The Kier molecular flexibility index (Phi) is 6.69. The molecule has 2 heteroatoms. The van der Waals surface area contributed by atoms with Crippen LogP contribution in [0.4, 0.5) is 17.1 Å². The summed E-state index contributed by atoms with van der Waals surface area (Å²) in [5.41, 5.74) is 15.3. The molecule has 0 aliphatic heterocycles. The zero-order chi connectivity index (χ0) is 34.1. The summed E-state index contributed by atoms with van der Waals surface area (Å²) in [6.45, 7) is 4.71. The van der Waals surface area contributed by atoms with Crippen LogP contribution in [-0.4, -0.2) is 0 Å². The van der Waals surface area contributed by atoms with Gasteiger partial charge in [-0.2, -0.15) is 0 Å². The fourth-order valence-corrected chi connectivity index (χ4v) is 8.64. The summed E-state index contributed by atoms with van der Waals surface area (Å²) >= 11 is 0. The number of para-hydroxylation sites is 1. The van der Waals surface area contributed by atoms with E-state index in [1.165, 1.54) is 49.9 Å². The van der Waals surface area contributed by atoms with E-state index in [0.29, 0.717) is 0 Å². The third-order valence-electron chi connectivity index (χ3n) is 11.1. The van der Waals surface area contributed by atoms with Gasteiger partial charge >= 0.3 is 0 Å². The summed E-state index contributed by atoms with van der Waals surface area (Å²) in [6, 6.07) is 53.1. The van der Waals surface area contributed by atoms with Gasteiger partial charge in [0.15, 0.2) is 0 Å². The molecule has 0 N–H and O–H groups in total. The van der Waals surface area contributed by atoms with E-state index in [0.717, 1.165) is 57.2 Å². The van der Waals surface area contributed by atoms with Gasteiger partial charge in [-0.1, -0.05) is 141 Å². The number of allylic oxidation sites excluding steroid dienone is 4. The Morgan fingerprint density at radius 1 is 0.549 bits per heavy atom. The van der Waals surface area contributed by atoms with Crippen LogP contribution in [0, 0.1) is 0 Å². The molecule has 10 rings (SSSR count). The van der Waals surface area contributed by atoms with Crippen LogP contribution in [0.25, 0.3) is 60.5 Å². The number of anilines is 3. The Bertz CT molecular complexity index is 2720. The van der Waals surface area contributed by atoms with Crippen molar-refractivity contribution in [3.8, 4) is 22.3 Å². The van der Waals surface area contributed by atoms with Gasteiger partial charge in [-0.25, -0.2) is 0 Å². The van der Waals surface area contributed by atoms with E-state index in [2.05, 4.69) is 183 Å². The third-order valence-corrected chi connectivity index (χ3v) is 11.1. The number of furan rings is 1. The largest absolute Gasteiger partial charge is 0.455 e. The van der Waals surface area contributed by atoms with Gasteiger partial charge in [0.1, 0.15) is 11.2 Å². The standard InChI is InChI=1S/C49H37NO/c1-49(2)42-24-13-11-22-37(42)38-29-28-34(30-43(38)49)50(44-25-14-12-20-35(44)32-16-5-3-6-17-32)45-26-15-27-46-47(45)41-31-40(33-18-7-4-8-19-33)36-21-9-10-23-39(36)48(41)51-46/h3,5-7,9-31H,4,8H2,1-2H3. The Morgan fingerprint density at radius 2 is 1.27 bits per heavy atom. The van der Waals surface area contributed by atoms with Gasteiger partial charge in [-0.05, 0) is 93.6 Å². The van der Waals surface area contributed by atoms with Crippen LogP contribution in [0.2, 0.25) is 0 Å². The van der Waals surface area contributed by atoms with Crippen LogP contribution in [0.3, 0.4) is 0 Å². The number of nitrogens with zero attached hydrogens (tertiary/aromatic N) is 1. The van der Waals surface area contributed by atoms with Crippen molar-refractivity contribution < 1.29 is 4.42 Å². The molecule has 0 atom stereocenters. The maximum absolute atomic E-state index is 6.87. The molecule has 1 aromatic heterocycles. The minimum absolute atomic E-state index is 0.129. The number of hydrogen-bond donors (Lipinski definition) is 0. The van der Waals surface area contributed by atoms with E-state index in [1.54, 1.807) is 0 Å². The lowest BCUT2D eigenvalue weighted by molar-refractivity contribution is 0.660. The SMILES string of the molecule is CC1(C)c2ccccc2-c2ccc(N(c3ccccc3-c3ccccc3)c3cccc4oc5c6ccccc6c(C6=CCCC=C6)cc5c34)cc21. The highest BCUT2D eigenvalue weighted by molar-refractivity contribution is 6.22. The Balaban J connectivity index is 1.29. The molecule has 0 unspecified atom stereocenters. The van der Waals surface area contributed by atoms with Gasteiger partial charge in [-0.15, -0.1) is 0 Å². The van der Waals surface area contributed by atoms with Crippen LogP contribution in [0.1, 0.15) is 43.4 Å². The van der Waals surface area contributed by atoms with E-state index < -0.39 is 0 Å². The van der Waals surface area contributed by atoms with Gasteiger partial charge in [0.2, 0.25) is 0 Å². The second-order valence-electron chi connectivity index (χ2n) is 14.4. The predicted molar refractivity (Wildman–Crippen MR) is 215 cm³/mol. The predicted octanol–water partition coefficient (Wildman–Crippen LogP) is 13.9. The van der Waals surface area contributed by atoms with E-state index in [1.807, 2.05) is 0 Å². The molecule has 8 aromatic rings. The third kappa shape index (κ3) is 4.56. The zero-order valence-electron chi connectivity index (χ0n) is 28.9. The second-order valence-corrected chi connectivity index (χ2v) is 14.4. The zero-order valence-corrected chi connectivity index (χ0v) is 28.9. The quantitative estimate of drug-likeness (QED) is 0.183. The van der Waals surface area contributed by atoms with Crippen LogP contribution in [0.15, 0.2) is 168 Å². The highest BCUT2D eigenvalue weighted by Crippen LogP contribution is 2.52. The minimum atomic E-state index is -0.129. The first-order valence-electron chi connectivity index (χ1n) is 18.0. The average molecular weight is 656 g/mol. The summed E-state index contributed by atoms with van der Waals surface area (Å²) in [7, 11) is 0. The normalized spacial score (nSPS) is 14.5. The van der Waals surface area contributed by atoms with Gasteiger partial charge in [0, 0.05) is 27.4 Å². The van der Waals surface area contributed by atoms with Crippen molar-refractivity contribution >= 4 is 55.3 Å². The minimum Gasteiger partial charge on any atom is -0.455 e. The Hall–Kier alpha value is -6.12. The van der Waals surface area contributed by atoms with Gasteiger partial charge in [-0.3, -0.25) is 0 Å². The lowest BCUT2D eigenvalue weighted by atomic mass is 9.82. The van der Waals surface area contributed by atoms with Gasteiger partial charge < -0.3 is 9.32 Å². The summed E-state index contributed by atoms with van der Waals surface area (Å²) in [5, 5.41) is 4.60. The number of benzene rings is 7. The van der Waals surface area contributed by atoms with Crippen LogP contribution in [-0.2, 0) is 5.41 Å². The fraction of sp³-hybridized carbons (Fsp3) is 0.102. The molecular formula is C49H37NO. The van der Waals surface area contributed by atoms with E-state index in [4.69, 9.17) is 4.42 Å². The smallest absolute Gasteiger partial charge is 0.143 e. The molecule has 0 fully saturated rings. The summed E-state index contributed by atoms with van der Waals surface area (Å²) < 4.78 is 6.87. The molecule has 0 saturated heterocycles. The van der Waals surface area contributed by atoms with Crippen LogP contribution < -0.4 is 4.90 Å². The molecule has 2 nitrogen and oxygen atoms in total. The number of hydrogen-bond acceptors (Lipinski definition) is 2. The maximum Gasteiger partial charge on any atom is 0.143 e. The fourth-order valence-electron chi connectivity index (χ4n) is 8.64. The molecule has 0 amide bonds. The van der Waals surface area contributed by atoms with Crippen LogP contribution >= 0.6 is 0 Å². The second kappa shape index (κ2) is 11.5. The molecule has 0 bridgehead atoms. The van der Waals surface area contributed by atoms with Gasteiger partial charge in [0.05, 0.1) is 16.8 Å². The molecule has 0 saturated carbocycles. The summed E-state index contributed by atoms with van der Waals surface area (Å²) in [6.07, 6.45) is 9.10. The lowest BCUT2D eigenvalue weighted by Gasteiger charge is -2.30. The summed E-state index contributed by atoms with van der Waals surface area (Å²) in [4.78, 5) is 2.47. The van der Waals surface area contributed by atoms with Crippen molar-refractivity contribution in [1.82, 2.24) is 0 Å². The molecule has 2 aliphatic carbocycles. The molecule has 7 aromatic carbocycles. The topological polar surface area (TPSA) is 16.4 Å². The molecule has 0 spiro atoms. The molecule has 1 heterocycles. The van der Waals surface area contributed by atoms with Crippen molar-refractivity contribution in [2.45, 2.75) is 32.1 Å². The van der Waals surface area contributed by atoms with E-state index >= 15 is 0 Å². The van der Waals surface area contributed by atoms with Crippen LogP contribution in [0.5, 0.6) is 0 Å². The van der Waals surface area contributed by atoms with E-state index in [-0.39, 0.29) is 5.41 Å². The first kappa shape index (κ1) is 29.8. The number of fused-ring (bicyclic) bond motifs is 8. The first-order valence-corrected chi connectivity index (χ1v) is 18.0. The molecule has 244 valence electrons. The van der Waals surface area contributed by atoms with Gasteiger partial charge in [0.25, 0.3) is 0 Å². The maximum atomic E-state index is 6.87. The Labute approximate surface area is 298 Å². The van der Waals surface area contributed by atoms with Crippen molar-refractivity contribution in [2.75, 3.05) is 4.90 Å². The number of rotatable bonds is 5. The highest BCUT2D eigenvalue weighted by atomic mass is 16.3. The van der Waals surface area contributed by atoms with E-state index in [9.17, 15) is 0 Å². The molecule has 2 aliphatic rings. The molecule has 51 heavy (non-hydrogen) atoms. The molecular weight excluding hydrogens is 619 g/mol. The lowest BCUT2D eigenvalue weighted by Crippen LogP contribution is -2.17. The average Bonchev–Trinajstić information content (AvgIpc) is 3.68. The highest BCUT2D eigenvalue weighted by Gasteiger charge is 2.36. The van der Waals surface area contributed by atoms with Crippen molar-refractivity contribution in [3.63, 3.8) is 0 Å². The summed E-state index contributed by atoms with van der Waals surface area (Å²) in [5.74, 6) is 0. The molecule has 0 radical (unpaired) electrons. The monoisotopic (exact) mass is 655 g/mol. The van der Waals surface area contributed by atoms with Crippen molar-refractivity contribution in [3.05, 3.63) is 181 Å². The van der Waals surface area contributed by atoms with Crippen molar-refractivity contribution in [1.29, 1.82) is 0 Å². The Morgan fingerprint density at radius 3 is 2.12 bits per heavy atom.